The highest BCUT2D eigenvalue weighted by atomic mass is 16.7. The average Bonchev–Trinajstić information content (AvgIpc) is 2.64. The Morgan fingerprint density at radius 3 is 1.91 bits per heavy atom. The highest BCUT2D eigenvalue weighted by Crippen LogP contribution is 2.29. The second-order valence-electron chi connectivity index (χ2n) is 8.79. The van der Waals surface area contributed by atoms with Crippen LogP contribution in [-0.2, 0) is 42.8 Å². The van der Waals surface area contributed by atoms with Crippen molar-refractivity contribution in [3.8, 4) is 0 Å². The van der Waals surface area contributed by atoms with Crippen LogP contribution in [0.2, 0.25) is 0 Å². The minimum Gasteiger partial charge on any atom is -0.456 e. The molecule has 0 bridgehead atoms. The molecule has 1 fully saturated rings. The molecule has 1 rings (SSSR count). The molecule has 1 amide bonds. The van der Waals surface area contributed by atoms with E-state index in [1.165, 1.54) is 20.8 Å². The van der Waals surface area contributed by atoms with Gasteiger partial charge in [0.15, 0.2) is 24.6 Å². The molecule has 0 aliphatic carbocycles. The summed E-state index contributed by atoms with van der Waals surface area (Å²) in [5, 5.41) is 2.68. The van der Waals surface area contributed by atoms with E-state index in [2.05, 4.69) is 5.32 Å². The Morgan fingerprint density at radius 1 is 0.818 bits per heavy atom. The van der Waals surface area contributed by atoms with E-state index < -0.39 is 60.3 Å². The first-order chi connectivity index (χ1) is 15.3. The molecule has 0 aromatic heterocycles. The van der Waals surface area contributed by atoms with Gasteiger partial charge in [0.1, 0.15) is 5.60 Å². The summed E-state index contributed by atoms with van der Waals surface area (Å²) < 4.78 is 32.7. The summed E-state index contributed by atoms with van der Waals surface area (Å²) in [4.78, 5) is 46.5. The predicted molar refractivity (Wildman–Crippen MR) is 115 cm³/mol. The molecule has 1 saturated heterocycles. The molecule has 0 aromatic rings. The quantitative estimate of drug-likeness (QED) is 0.285. The van der Waals surface area contributed by atoms with Gasteiger partial charge in [0.05, 0.1) is 6.10 Å². The summed E-state index contributed by atoms with van der Waals surface area (Å²) in [6, 6.07) is 0. The molecule has 1 heterocycles. The van der Waals surface area contributed by atoms with Gasteiger partial charge in [-0.25, -0.2) is 4.79 Å². The van der Waals surface area contributed by atoms with Crippen LogP contribution in [-0.4, -0.2) is 73.5 Å². The molecule has 1 aliphatic rings. The Kier molecular flexibility index (Phi) is 11.6. The molecule has 5 atom stereocenters. The number of rotatable bonds is 10. The first kappa shape index (κ1) is 28.6. The van der Waals surface area contributed by atoms with Gasteiger partial charge in [-0.2, -0.15) is 0 Å². The molecule has 0 aromatic carbocycles. The molecule has 0 spiro atoms. The van der Waals surface area contributed by atoms with Crippen molar-refractivity contribution in [2.45, 2.75) is 104 Å². The standard InChI is InChI=1S/C22H37NO10/c1-13-17(30-14(2)24)18(31-15(3)25)19(32-16(4)26)20(29-13)28-12-10-8-9-11-23-21(27)33-22(5,6)7/h13,17-20H,8-12H2,1-7H3,(H,23,27)/t13-,17-,18+,19+,20+/m0/s1. The van der Waals surface area contributed by atoms with E-state index >= 15 is 0 Å². The van der Waals surface area contributed by atoms with Gasteiger partial charge < -0.3 is 33.7 Å². The molecule has 0 unspecified atom stereocenters. The van der Waals surface area contributed by atoms with Crippen LogP contribution in [0.25, 0.3) is 0 Å². The summed E-state index contributed by atoms with van der Waals surface area (Å²) in [5.41, 5.74) is -0.550. The number of amides is 1. The van der Waals surface area contributed by atoms with E-state index in [1.807, 2.05) is 0 Å². The third-order valence-electron chi connectivity index (χ3n) is 4.40. The van der Waals surface area contributed by atoms with Gasteiger partial charge in [0.25, 0.3) is 0 Å². The largest absolute Gasteiger partial charge is 0.456 e. The number of nitrogens with one attached hydrogen (secondary N) is 1. The van der Waals surface area contributed by atoms with Gasteiger partial charge in [-0.05, 0) is 47.0 Å². The zero-order valence-electron chi connectivity index (χ0n) is 20.5. The molecule has 1 N–H and O–H groups in total. The van der Waals surface area contributed by atoms with Gasteiger partial charge in [0, 0.05) is 33.9 Å². The Hall–Kier alpha value is -2.40. The second-order valence-corrected chi connectivity index (χ2v) is 8.79. The molecule has 0 radical (unpaired) electrons. The van der Waals surface area contributed by atoms with Crippen LogP contribution in [0, 0.1) is 0 Å². The van der Waals surface area contributed by atoms with E-state index in [-0.39, 0.29) is 6.61 Å². The number of carbonyl (C=O) groups is 4. The summed E-state index contributed by atoms with van der Waals surface area (Å²) in [6.07, 6.45) is -3.21. The minimum absolute atomic E-state index is 0.270. The van der Waals surface area contributed by atoms with Crippen molar-refractivity contribution < 1.29 is 47.6 Å². The first-order valence-corrected chi connectivity index (χ1v) is 11.1. The van der Waals surface area contributed by atoms with Gasteiger partial charge in [-0.3, -0.25) is 14.4 Å². The molecule has 11 nitrogen and oxygen atoms in total. The highest BCUT2D eigenvalue weighted by molar-refractivity contribution is 5.68. The third-order valence-corrected chi connectivity index (χ3v) is 4.40. The number of hydrogen-bond donors (Lipinski definition) is 1. The van der Waals surface area contributed by atoms with Crippen LogP contribution in [0.5, 0.6) is 0 Å². The monoisotopic (exact) mass is 475 g/mol. The normalized spacial score (nSPS) is 25.0. The SMILES string of the molecule is CC(=O)O[C@@H]1[C@@H](OC(C)=O)[C@H](C)O[C@@H](OCCCCCNC(=O)OC(C)(C)C)[C@@H]1OC(C)=O. The molecular formula is C22H37NO10. The van der Waals surface area contributed by atoms with E-state index in [1.54, 1.807) is 27.7 Å². The van der Waals surface area contributed by atoms with Gasteiger partial charge in [0.2, 0.25) is 0 Å². The maximum Gasteiger partial charge on any atom is 0.407 e. The van der Waals surface area contributed by atoms with Crippen LogP contribution in [0.4, 0.5) is 4.79 Å². The lowest BCUT2D eigenvalue weighted by Crippen LogP contribution is -2.61. The smallest absolute Gasteiger partial charge is 0.407 e. The Morgan fingerprint density at radius 2 is 1.36 bits per heavy atom. The zero-order chi connectivity index (χ0) is 25.2. The zero-order valence-corrected chi connectivity index (χ0v) is 20.5. The number of alkyl carbamates (subject to hydrolysis) is 1. The first-order valence-electron chi connectivity index (χ1n) is 11.1. The van der Waals surface area contributed by atoms with Crippen LogP contribution in [0.15, 0.2) is 0 Å². The number of unbranched alkanes of at least 4 members (excludes halogenated alkanes) is 2. The molecular weight excluding hydrogens is 438 g/mol. The van der Waals surface area contributed by atoms with E-state index in [0.29, 0.717) is 19.4 Å². The molecule has 1 aliphatic heterocycles. The van der Waals surface area contributed by atoms with Crippen molar-refractivity contribution in [3.63, 3.8) is 0 Å². The number of hydrogen-bond acceptors (Lipinski definition) is 10. The number of ether oxygens (including phenoxy) is 6. The number of carbonyl (C=O) groups excluding carboxylic acids is 4. The minimum atomic E-state index is -1.11. The third kappa shape index (κ3) is 11.3. The van der Waals surface area contributed by atoms with Gasteiger partial charge in [-0.15, -0.1) is 0 Å². The van der Waals surface area contributed by atoms with Gasteiger partial charge >= 0.3 is 24.0 Å². The molecule has 33 heavy (non-hydrogen) atoms. The topological polar surface area (TPSA) is 136 Å². The lowest BCUT2D eigenvalue weighted by atomic mass is 9.99. The Labute approximate surface area is 194 Å². The lowest BCUT2D eigenvalue weighted by molar-refractivity contribution is -0.300. The molecule has 0 saturated carbocycles. The summed E-state index contributed by atoms with van der Waals surface area (Å²) in [5.74, 6) is -1.84. The maximum atomic E-state index is 11.7. The highest BCUT2D eigenvalue weighted by Gasteiger charge is 2.50. The van der Waals surface area contributed by atoms with E-state index in [9.17, 15) is 19.2 Å². The van der Waals surface area contributed by atoms with Crippen molar-refractivity contribution >= 4 is 24.0 Å². The molecule has 11 heteroatoms. The van der Waals surface area contributed by atoms with Crippen molar-refractivity contribution in [2.75, 3.05) is 13.2 Å². The number of esters is 3. The van der Waals surface area contributed by atoms with Gasteiger partial charge in [-0.1, -0.05) is 0 Å². The molecule has 190 valence electrons. The van der Waals surface area contributed by atoms with Crippen molar-refractivity contribution in [1.82, 2.24) is 5.32 Å². The average molecular weight is 476 g/mol. The summed E-state index contributed by atoms with van der Waals surface area (Å²) in [7, 11) is 0. The summed E-state index contributed by atoms with van der Waals surface area (Å²) >= 11 is 0. The van der Waals surface area contributed by atoms with Crippen LogP contribution in [0.1, 0.15) is 67.7 Å². The fourth-order valence-electron chi connectivity index (χ4n) is 3.21. The maximum absolute atomic E-state index is 11.7. The second kappa shape index (κ2) is 13.3. The van der Waals surface area contributed by atoms with Crippen molar-refractivity contribution in [2.24, 2.45) is 0 Å². The Balaban J connectivity index is 2.61. The fourth-order valence-corrected chi connectivity index (χ4v) is 3.21. The van der Waals surface area contributed by atoms with Crippen LogP contribution in [0.3, 0.4) is 0 Å². The predicted octanol–water partition coefficient (Wildman–Crippen LogP) is 2.24. The van der Waals surface area contributed by atoms with Crippen LogP contribution >= 0.6 is 0 Å². The van der Waals surface area contributed by atoms with Crippen LogP contribution < -0.4 is 5.32 Å². The lowest BCUT2D eigenvalue weighted by Gasteiger charge is -2.43. The van der Waals surface area contributed by atoms with Crippen molar-refractivity contribution in [3.05, 3.63) is 0 Å². The van der Waals surface area contributed by atoms with E-state index in [4.69, 9.17) is 28.4 Å². The Bertz CT molecular complexity index is 675. The van der Waals surface area contributed by atoms with E-state index in [0.717, 1.165) is 6.42 Å². The fraction of sp³-hybridized carbons (Fsp3) is 0.818. The van der Waals surface area contributed by atoms with Crippen molar-refractivity contribution in [1.29, 1.82) is 0 Å². The summed E-state index contributed by atoms with van der Waals surface area (Å²) in [6.45, 7) is 11.4.